The smallest absolute Gasteiger partial charge is 0.272 e. The van der Waals surface area contributed by atoms with Crippen LogP contribution in [0.4, 0.5) is 11.4 Å². The first-order valence-electron chi connectivity index (χ1n) is 9.19. The van der Waals surface area contributed by atoms with Crippen molar-refractivity contribution < 1.29 is 4.79 Å². The minimum absolute atomic E-state index is 0.0487. The van der Waals surface area contributed by atoms with E-state index in [1.165, 1.54) is 0 Å². The Kier molecular flexibility index (Phi) is 5.31. The Balaban J connectivity index is 1.95. The molecule has 0 aliphatic heterocycles. The van der Waals surface area contributed by atoms with E-state index in [0.717, 1.165) is 52.9 Å². The van der Waals surface area contributed by atoms with Crippen molar-refractivity contribution in [3.63, 3.8) is 0 Å². The van der Waals surface area contributed by atoms with Crippen LogP contribution in [0.25, 0.3) is 10.9 Å². The number of carbonyl (C=O) groups is 1. The van der Waals surface area contributed by atoms with Gasteiger partial charge in [0.05, 0.1) is 0 Å². The van der Waals surface area contributed by atoms with Crippen molar-refractivity contribution in [3.05, 3.63) is 59.8 Å². The maximum Gasteiger partial charge on any atom is 0.272 e. The SMILES string of the molecule is CCCCn1c(C(=O)Nc2ccc(N(C)C)cc2)c(C)c2ccccc21. The maximum absolute atomic E-state index is 13.1. The van der Waals surface area contributed by atoms with Crippen LogP contribution >= 0.6 is 0 Å². The van der Waals surface area contributed by atoms with Gasteiger partial charge in [0.1, 0.15) is 5.69 Å². The first kappa shape index (κ1) is 18.1. The van der Waals surface area contributed by atoms with E-state index >= 15 is 0 Å². The van der Waals surface area contributed by atoms with Gasteiger partial charge in [0.25, 0.3) is 5.91 Å². The molecule has 1 N–H and O–H groups in total. The average molecular weight is 349 g/mol. The van der Waals surface area contributed by atoms with Gasteiger partial charge in [-0.1, -0.05) is 31.5 Å². The molecule has 0 radical (unpaired) electrons. The molecule has 0 atom stereocenters. The molecule has 136 valence electrons. The predicted molar refractivity (Wildman–Crippen MR) is 110 cm³/mol. The third-order valence-electron chi connectivity index (χ3n) is 4.82. The second-order valence-corrected chi connectivity index (χ2v) is 6.89. The fraction of sp³-hybridized carbons (Fsp3) is 0.318. The van der Waals surface area contributed by atoms with Crippen LogP contribution in [0.15, 0.2) is 48.5 Å². The molecule has 0 aliphatic carbocycles. The monoisotopic (exact) mass is 349 g/mol. The number of nitrogens with zero attached hydrogens (tertiary/aromatic N) is 2. The highest BCUT2D eigenvalue weighted by Crippen LogP contribution is 2.27. The number of carbonyl (C=O) groups excluding carboxylic acids is 1. The summed E-state index contributed by atoms with van der Waals surface area (Å²) in [7, 11) is 4.01. The van der Waals surface area contributed by atoms with Crippen molar-refractivity contribution in [2.75, 3.05) is 24.3 Å². The number of aromatic nitrogens is 1. The standard InChI is InChI=1S/C22H27N3O/c1-5-6-15-25-20-10-8-7-9-19(20)16(2)21(25)22(26)23-17-11-13-18(14-12-17)24(3)4/h7-14H,5-6,15H2,1-4H3,(H,23,26). The third kappa shape index (κ3) is 3.45. The Labute approximate surface area is 155 Å². The molecule has 1 heterocycles. The van der Waals surface area contributed by atoms with Crippen molar-refractivity contribution in [2.24, 2.45) is 0 Å². The summed E-state index contributed by atoms with van der Waals surface area (Å²) in [6.45, 7) is 5.06. The first-order valence-corrected chi connectivity index (χ1v) is 9.19. The number of hydrogen-bond acceptors (Lipinski definition) is 2. The molecule has 26 heavy (non-hydrogen) atoms. The summed E-state index contributed by atoms with van der Waals surface area (Å²) in [6, 6.07) is 16.2. The summed E-state index contributed by atoms with van der Waals surface area (Å²) in [4.78, 5) is 15.1. The van der Waals surface area contributed by atoms with Crippen molar-refractivity contribution >= 4 is 28.2 Å². The van der Waals surface area contributed by atoms with Gasteiger partial charge < -0.3 is 14.8 Å². The lowest BCUT2D eigenvalue weighted by Crippen LogP contribution is -2.18. The van der Waals surface area contributed by atoms with Crippen LogP contribution in [0, 0.1) is 6.92 Å². The molecule has 0 saturated heterocycles. The second kappa shape index (κ2) is 7.65. The first-order chi connectivity index (χ1) is 12.5. The summed E-state index contributed by atoms with van der Waals surface area (Å²) >= 11 is 0. The van der Waals surface area contributed by atoms with Crippen LogP contribution in [0.2, 0.25) is 0 Å². The highest BCUT2D eigenvalue weighted by atomic mass is 16.2. The number of anilines is 2. The number of unbranched alkanes of at least 4 members (excludes halogenated alkanes) is 1. The molecule has 0 saturated carbocycles. The van der Waals surface area contributed by atoms with Gasteiger partial charge in [0.2, 0.25) is 0 Å². The Morgan fingerprint density at radius 2 is 1.77 bits per heavy atom. The summed E-state index contributed by atoms with van der Waals surface area (Å²) in [5, 5.41) is 4.21. The molecular weight excluding hydrogens is 322 g/mol. The van der Waals surface area contributed by atoms with Gasteiger partial charge in [0, 0.05) is 42.9 Å². The van der Waals surface area contributed by atoms with Crippen molar-refractivity contribution in [1.29, 1.82) is 0 Å². The van der Waals surface area contributed by atoms with Gasteiger partial charge >= 0.3 is 0 Å². The molecule has 4 nitrogen and oxygen atoms in total. The van der Waals surface area contributed by atoms with E-state index in [9.17, 15) is 4.79 Å². The summed E-state index contributed by atoms with van der Waals surface area (Å²) in [5.41, 5.74) is 4.85. The Bertz CT molecular complexity index is 907. The molecular formula is C22H27N3O. The molecule has 1 amide bonds. The highest BCUT2D eigenvalue weighted by molar-refractivity contribution is 6.08. The number of amides is 1. The minimum atomic E-state index is -0.0487. The number of rotatable bonds is 6. The normalized spacial score (nSPS) is 10.9. The van der Waals surface area contributed by atoms with E-state index in [1.807, 2.05) is 62.3 Å². The Morgan fingerprint density at radius 3 is 2.42 bits per heavy atom. The van der Waals surface area contributed by atoms with Crippen LogP contribution in [-0.4, -0.2) is 24.6 Å². The second-order valence-electron chi connectivity index (χ2n) is 6.89. The van der Waals surface area contributed by atoms with Gasteiger partial charge in [-0.2, -0.15) is 0 Å². The zero-order valence-corrected chi connectivity index (χ0v) is 16.0. The van der Waals surface area contributed by atoms with Gasteiger partial charge in [-0.3, -0.25) is 4.79 Å². The molecule has 4 heteroatoms. The van der Waals surface area contributed by atoms with Gasteiger partial charge in [0.15, 0.2) is 0 Å². The largest absolute Gasteiger partial charge is 0.378 e. The predicted octanol–water partition coefficient (Wildman–Crippen LogP) is 5.07. The molecule has 3 rings (SSSR count). The topological polar surface area (TPSA) is 37.3 Å². The van der Waals surface area contributed by atoms with Crippen molar-refractivity contribution in [3.8, 4) is 0 Å². The molecule has 0 spiro atoms. The summed E-state index contributed by atoms with van der Waals surface area (Å²) < 4.78 is 2.16. The van der Waals surface area contributed by atoms with Crippen molar-refractivity contribution in [1.82, 2.24) is 4.57 Å². The Hall–Kier alpha value is -2.75. The van der Waals surface area contributed by atoms with Crippen LogP contribution in [-0.2, 0) is 6.54 Å². The van der Waals surface area contributed by atoms with E-state index in [1.54, 1.807) is 0 Å². The maximum atomic E-state index is 13.1. The molecule has 0 bridgehead atoms. The van der Waals surface area contributed by atoms with Crippen LogP contribution < -0.4 is 10.2 Å². The molecule has 2 aromatic carbocycles. The summed E-state index contributed by atoms with van der Waals surface area (Å²) in [5.74, 6) is -0.0487. The van der Waals surface area contributed by atoms with E-state index in [-0.39, 0.29) is 5.91 Å². The number of hydrogen-bond donors (Lipinski definition) is 1. The minimum Gasteiger partial charge on any atom is -0.378 e. The van der Waals surface area contributed by atoms with Crippen LogP contribution in [0.3, 0.4) is 0 Å². The van der Waals surface area contributed by atoms with E-state index in [0.29, 0.717) is 0 Å². The lowest BCUT2D eigenvalue weighted by atomic mass is 10.1. The zero-order valence-electron chi connectivity index (χ0n) is 16.0. The number of fused-ring (bicyclic) bond motifs is 1. The number of para-hydroxylation sites is 1. The molecule has 0 unspecified atom stereocenters. The fourth-order valence-electron chi connectivity index (χ4n) is 3.35. The van der Waals surface area contributed by atoms with E-state index in [4.69, 9.17) is 0 Å². The number of aryl methyl sites for hydroxylation is 2. The Morgan fingerprint density at radius 1 is 1.08 bits per heavy atom. The van der Waals surface area contributed by atoms with Gasteiger partial charge in [-0.25, -0.2) is 0 Å². The molecule has 0 aliphatic rings. The fourth-order valence-corrected chi connectivity index (χ4v) is 3.35. The molecule has 3 aromatic rings. The number of benzene rings is 2. The molecule has 1 aromatic heterocycles. The van der Waals surface area contributed by atoms with Gasteiger partial charge in [-0.15, -0.1) is 0 Å². The lowest BCUT2D eigenvalue weighted by Gasteiger charge is -2.14. The average Bonchev–Trinajstić information content (AvgIpc) is 2.93. The van der Waals surface area contributed by atoms with E-state index in [2.05, 4.69) is 28.9 Å². The van der Waals surface area contributed by atoms with Gasteiger partial charge in [-0.05, 0) is 49.2 Å². The molecule has 0 fully saturated rings. The van der Waals surface area contributed by atoms with Crippen LogP contribution in [0.1, 0.15) is 35.8 Å². The van der Waals surface area contributed by atoms with E-state index < -0.39 is 0 Å². The summed E-state index contributed by atoms with van der Waals surface area (Å²) in [6.07, 6.45) is 2.15. The quantitative estimate of drug-likeness (QED) is 0.675. The number of nitrogens with one attached hydrogen (secondary N) is 1. The van der Waals surface area contributed by atoms with Crippen LogP contribution in [0.5, 0.6) is 0 Å². The zero-order chi connectivity index (χ0) is 18.7. The third-order valence-corrected chi connectivity index (χ3v) is 4.82. The lowest BCUT2D eigenvalue weighted by molar-refractivity contribution is 0.101. The highest BCUT2D eigenvalue weighted by Gasteiger charge is 2.20. The van der Waals surface area contributed by atoms with Crippen molar-refractivity contribution in [2.45, 2.75) is 33.2 Å².